The Morgan fingerprint density at radius 2 is 0.937 bits per heavy atom. The monoisotopic (exact) mass is 1300 g/mol. The van der Waals surface area contributed by atoms with Gasteiger partial charge in [-0.15, -0.1) is 14.2 Å². The molecule has 95 heavy (non-hydrogen) atoms. The number of unbranched alkanes of at least 4 members (excludes halogenated alkanes) is 1. The first-order valence-electron chi connectivity index (χ1n) is 31.4. The van der Waals surface area contributed by atoms with Crippen molar-refractivity contribution >= 4 is 41.5 Å². The summed E-state index contributed by atoms with van der Waals surface area (Å²) in [6.07, 6.45) is 1.20. The molecule has 0 unspecified atom stereocenters. The highest BCUT2D eigenvalue weighted by Crippen LogP contribution is 2.14. The van der Waals surface area contributed by atoms with Gasteiger partial charge in [0.05, 0.1) is 0 Å². The summed E-state index contributed by atoms with van der Waals surface area (Å²) < 4.78 is 8.94. The van der Waals surface area contributed by atoms with E-state index in [1.54, 1.807) is 93.6 Å². The number of aromatic nitrogens is 4. The number of amides is 7. The number of nitrogens with zero attached hydrogens (tertiary/aromatic N) is 6. The highest BCUT2D eigenvalue weighted by atomic mass is 16.7. The average molecular weight is 1300 g/mol. The summed E-state index contributed by atoms with van der Waals surface area (Å²) in [6.45, 7) is 4.77. The number of carbonyl (C=O) groups excluding carboxylic acids is 7. The van der Waals surface area contributed by atoms with Gasteiger partial charge in [-0.3, -0.25) is 47.9 Å². The minimum atomic E-state index is -0.995. The van der Waals surface area contributed by atoms with E-state index in [0.29, 0.717) is 39.9 Å². The maximum atomic E-state index is 14.7. The molecule has 26 heteroatoms. The largest absolute Gasteiger partial charge is 0.444 e. The van der Waals surface area contributed by atoms with Gasteiger partial charge in [0.1, 0.15) is 59.3 Å². The molecule has 3 aliphatic rings. The Bertz CT molecular complexity index is 4070. The highest BCUT2D eigenvalue weighted by Gasteiger charge is 2.28. The molecule has 0 aliphatic carbocycles. The van der Waals surface area contributed by atoms with Crippen LogP contribution in [0.15, 0.2) is 171 Å². The first-order chi connectivity index (χ1) is 45.8. The van der Waals surface area contributed by atoms with Crippen molar-refractivity contribution in [1.82, 2.24) is 55.1 Å². The molecule has 10 rings (SSSR count). The smallest absolute Gasteiger partial charge is 0.407 e. The molecule has 500 valence electrons. The van der Waals surface area contributed by atoms with Crippen molar-refractivity contribution in [1.29, 1.82) is 0 Å². The Morgan fingerprint density at radius 3 is 1.44 bits per heavy atom. The molecule has 7 heterocycles. The number of ether oxygens (including phenoxy) is 1. The van der Waals surface area contributed by atoms with Crippen molar-refractivity contribution in [2.45, 2.75) is 97.2 Å². The van der Waals surface area contributed by atoms with Gasteiger partial charge in [0.15, 0.2) is 0 Å². The van der Waals surface area contributed by atoms with Gasteiger partial charge in [-0.05, 0) is 119 Å². The van der Waals surface area contributed by atoms with Crippen LogP contribution in [0.4, 0.5) is 4.79 Å². The fourth-order valence-corrected chi connectivity index (χ4v) is 10.2. The normalized spacial score (nSPS) is 14.9. The summed E-state index contributed by atoms with van der Waals surface area (Å²) in [5.74, 6) is -4.41. The zero-order chi connectivity index (χ0) is 67.9. The fraction of sp³-hybridized carbons (Fsp3) is 0.348. The van der Waals surface area contributed by atoms with E-state index in [1.165, 1.54) is 82.1 Å². The van der Waals surface area contributed by atoms with Crippen molar-refractivity contribution in [3.8, 4) is 0 Å². The third kappa shape index (κ3) is 20.0. The molecule has 0 radical (unpaired) electrons. The molecule has 3 aromatic carbocycles. The lowest BCUT2D eigenvalue weighted by atomic mass is 10.1. The number of hydrogen-bond acceptors (Lipinski definition) is 15. The molecule has 26 nitrogen and oxygen atoms in total. The van der Waals surface area contributed by atoms with E-state index < -0.39 is 81.0 Å². The van der Waals surface area contributed by atoms with Gasteiger partial charge < -0.3 is 60.2 Å². The van der Waals surface area contributed by atoms with Crippen molar-refractivity contribution in [3.63, 3.8) is 0 Å². The first kappa shape index (κ1) is 69.8. The maximum Gasteiger partial charge on any atom is 0.407 e. The molecule has 0 saturated heterocycles. The number of alkyl carbamates (subject to hydrolysis) is 1. The lowest BCUT2D eigenvalue weighted by Gasteiger charge is -2.26. The van der Waals surface area contributed by atoms with Gasteiger partial charge in [-0.25, -0.2) is 4.79 Å². The molecule has 4 aromatic heterocycles. The molecule has 7 aromatic rings. The van der Waals surface area contributed by atoms with Gasteiger partial charge in [-0.2, -0.15) is 0 Å². The van der Waals surface area contributed by atoms with Gasteiger partial charge >= 0.3 is 6.09 Å². The highest BCUT2D eigenvalue weighted by molar-refractivity contribution is 5.98. The predicted molar refractivity (Wildman–Crippen MR) is 351 cm³/mol. The number of rotatable bonds is 16. The Morgan fingerprint density at radius 1 is 0.484 bits per heavy atom. The van der Waals surface area contributed by atoms with E-state index in [-0.39, 0.29) is 126 Å². The van der Waals surface area contributed by atoms with Crippen molar-refractivity contribution in [2.24, 2.45) is 7.05 Å². The Labute approximate surface area is 547 Å². The quantitative estimate of drug-likeness (QED) is 0.0843. The Balaban J connectivity index is 1.13. The van der Waals surface area contributed by atoms with Crippen LogP contribution in [0.1, 0.15) is 145 Å². The maximum absolute atomic E-state index is 14.7. The second kappa shape index (κ2) is 34.0. The number of nitrogens with one attached hydrogen (secondary N) is 5. The van der Waals surface area contributed by atoms with E-state index in [0.717, 1.165) is 10.3 Å². The van der Waals surface area contributed by atoms with Crippen LogP contribution in [-0.2, 0) is 31.6 Å². The third-order valence-corrected chi connectivity index (χ3v) is 15.1. The first-order valence-corrected chi connectivity index (χ1v) is 31.4. The number of hydrogen-bond donors (Lipinski definition) is 5. The van der Waals surface area contributed by atoms with Gasteiger partial charge in [0, 0.05) is 77.6 Å². The van der Waals surface area contributed by atoms with Crippen molar-refractivity contribution < 1.29 is 52.8 Å². The zero-order valence-electron chi connectivity index (χ0n) is 53.5. The average Bonchev–Trinajstić information content (AvgIpc) is 0.832. The molecule has 3 aliphatic heterocycles. The summed E-state index contributed by atoms with van der Waals surface area (Å²) in [7, 11) is 1.47. The lowest BCUT2D eigenvalue weighted by molar-refractivity contribution is 0.0524. The van der Waals surface area contributed by atoms with E-state index in [1.807, 2.05) is 18.2 Å². The van der Waals surface area contributed by atoms with Crippen LogP contribution in [0, 0.1) is 0 Å². The number of carbonyl (C=O) groups is 7. The Hall–Kier alpha value is -11.1. The van der Waals surface area contributed by atoms with Crippen LogP contribution < -0.4 is 63.3 Å². The third-order valence-electron chi connectivity index (χ3n) is 15.1. The fourth-order valence-electron chi connectivity index (χ4n) is 10.2. The van der Waals surface area contributed by atoms with Gasteiger partial charge in [0.2, 0.25) is 0 Å². The SMILES string of the molecule is Cn1c(C(=O)N2CCCCN(C(=O)c3cccc(=O)n3OCc3ccccc3)CCCNC(=O)c3ccc(n(OCc4ccccc4)c3=O)C(=O)N[C@@H](CCCCNC(=O)OC(C)(C)C)CNC(=O)c3ccc(c(=O)n3OCc3ccccc3)C(=O)NCCC2)cccc1=O. The lowest BCUT2D eigenvalue weighted by Crippen LogP contribution is -2.47. The van der Waals surface area contributed by atoms with E-state index in [4.69, 9.17) is 19.2 Å². The Kier molecular flexibility index (Phi) is 25.0. The van der Waals surface area contributed by atoms with Gasteiger partial charge in [0.25, 0.3) is 57.7 Å². The topological polar surface area (TPSA) is 311 Å². The molecule has 7 amide bonds. The molecule has 0 saturated carbocycles. The summed E-state index contributed by atoms with van der Waals surface area (Å²) in [5.41, 5.74) is -3.18. The summed E-state index contributed by atoms with van der Waals surface area (Å²) in [5, 5.41) is 13.9. The molecule has 4 bridgehead atoms. The van der Waals surface area contributed by atoms with Crippen molar-refractivity contribution in [2.75, 3.05) is 52.4 Å². The van der Waals surface area contributed by atoms with Crippen LogP contribution in [0.3, 0.4) is 0 Å². The van der Waals surface area contributed by atoms with Crippen LogP contribution >= 0.6 is 0 Å². The second-order valence-electron chi connectivity index (χ2n) is 23.4. The number of fused-ring (bicyclic) bond motifs is 2. The van der Waals surface area contributed by atoms with Crippen LogP contribution in [0.5, 0.6) is 0 Å². The molecule has 1 atom stereocenters. The predicted octanol–water partition coefficient (Wildman–Crippen LogP) is 4.30. The van der Waals surface area contributed by atoms with E-state index in [2.05, 4.69) is 26.6 Å². The van der Waals surface area contributed by atoms with Crippen molar-refractivity contribution in [3.05, 3.63) is 244 Å². The van der Waals surface area contributed by atoms with Crippen LogP contribution in [0.2, 0.25) is 0 Å². The number of pyridine rings is 4. The molecule has 0 fully saturated rings. The standard InChI is InChI=1S/C69H79N11O15/c1-69(2,3)95-68(91)72-37-15-14-28-51-44-73-62(85)54-35-33-52(64(87)79(54)93-46-49-24-10-6-11-25-49)60(83)70-38-20-42-76(66(89)56-29-18-31-58(81)75(56)4)40-16-17-41-77(67(90)57-30-19-32-59(82)78(57)92-45-48-22-8-5-9-23-48)43-21-39-71-61(84)53-34-36-55(63(86)74-51)80(65(53)88)94-47-50-26-12-7-13-27-50/h5-13,18-19,22-27,29-36,51H,14-17,20-21,28,37-47H2,1-4H3,(H,70,83)(H,71,84)(H,72,91)(H,73,85)(H,74,86)/t51-/m0/s1. The van der Waals surface area contributed by atoms with E-state index >= 15 is 0 Å². The number of benzene rings is 3. The van der Waals surface area contributed by atoms with Crippen LogP contribution in [0.25, 0.3) is 0 Å². The van der Waals surface area contributed by atoms with E-state index in [9.17, 15) is 52.7 Å². The summed E-state index contributed by atoms with van der Waals surface area (Å²) >= 11 is 0. The molecule has 5 N–H and O–H groups in total. The molecule has 0 spiro atoms. The zero-order valence-corrected chi connectivity index (χ0v) is 53.5. The van der Waals surface area contributed by atoms with Crippen LogP contribution in [-0.4, -0.2) is 134 Å². The molecular formula is C69H79N11O15. The summed E-state index contributed by atoms with van der Waals surface area (Å²) in [4.78, 5) is 175. The molecular weight excluding hydrogens is 1220 g/mol. The van der Waals surface area contributed by atoms with Gasteiger partial charge in [-0.1, -0.05) is 103 Å². The minimum absolute atomic E-state index is 0.00765. The minimum Gasteiger partial charge on any atom is -0.444 e. The second-order valence-corrected chi connectivity index (χ2v) is 23.4. The summed E-state index contributed by atoms with van der Waals surface area (Å²) in [6, 6.07) is 38.9.